The van der Waals surface area contributed by atoms with Gasteiger partial charge in [-0.3, -0.25) is 25.0 Å². The molecule has 0 unspecified atom stereocenters. The van der Waals surface area contributed by atoms with Crippen molar-refractivity contribution in [3.63, 3.8) is 0 Å². The van der Waals surface area contributed by atoms with Crippen LogP contribution in [0.3, 0.4) is 0 Å². The number of ether oxygens (including phenoxy) is 1. The second-order valence-electron chi connectivity index (χ2n) is 7.33. The Kier molecular flexibility index (Phi) is 6.81. The molecule has 4 amide bonds. The van der Waals surface area contributed by atoms with E-state index < -0.39 is 22.8 Å². The third-order valence-corrected chi connectivity index (χ3v) is 5.59. The Bertz CT molecular complexity index is 1390. The average Bonchev–Trinajstić information content (AvgIpc) is 2.82. The van der Waals surface area contributed by atoms with Gasteiger partial charge in [-0.2, -0.15) is 0 Å². The number of carbonyl (C=O) groups is 3. The zero-order valence-electron chi connectivity index (χ0n) is 17.7. The molecule has 0 saturated carbocycles. The summed E-state index contributed by atoms with van der Waals surface area (Å²) in [5.41, 5.74) is 0.632. The fourth-order valence-corrected chi connectivity index (χ4v) is 3.74. The van der Waals surface area contributed by atoms with Gasteiger partial charge in [0.05, 0.1) is 10.6 Å². The summed E-state index contributed by atoms with van der Waals surface area (Å²) < 4.78 is 5.70. The molecular weight excluding hydrogens is 497 g/mol. The lowest BCUT2D eigenvalue weighted by molar-refractivity contribution is -0.384. The van der Waals surface area contributed by atoms with Crippen LogP contribution in [0.2, 0.25) is 10.0 Å². The zero-order valence-corrected chi connectivity index (χ0v) is 19.2. The van der Waals surface area contributed by atoms with E-state index in [-0.39, 0.29) is 29.1 Å². The van der Waals surface area contributed by atoms with E-state index in [1.807, 2.05) is 0 Å². The highest BCUT2D eigenvalue weighted by molar-refractivity contribution is 6.39. The predicted molar refractivity (Wildman–Crippen MR) is 129 cm³/mol. The monoisotopic (exact) mass is 511 g/mol. The fourth-order valence-electron chi connectivity index (χ4n) is 3.28. The van der Waals surface area contributed by atoms with Gasteiger partial charge in [-0.25, -0.2) is 9.69 Å². The number of benzene rings is 3. The molecule has 1 saturated heterocycles. The molecule has 35 heavy (non-hydrogen) atoms. The molecule has 1 fully saturated rings. The number of non-ortho nitro benzene ring substituents is 1. The molecule has 3 aromatic rings. The summed E-state index contributed by atoms with van der Waals surface area (Å²) in [6.45, 7) is 0.170. The number of carbonyl (C=O) groups excluding carboxylic acids is 3. The minimum Gasteiger partial charge on any atom is -0.489 e. The summed E-state index contributed by atoms with van der Waals surface area (Å²) in [7, 11) is 0. The van der Waals surface area contributed by atoms with Crippen molar-refractivity contribution < 1.29 is 24.0 Å². The first-order valence-electron chi connectivity index (χ1n) is 10.1. The van der Waals surface area contributed by atoms with Crippen molar-refractivity contribution in [3.05, 3.63) is 104 Å². The van der Waals surface area contributed by atoms with Crippen LogP contribution in [-0.4, -0.2) is 22.8 Å². The van der Waals surface area contributed by atoms with Crippen molar-refractivity contribution in [3.8, 4) is 5.75 Å². The molecule has 0 radical (unpaired) electrons. The topological polar surface area (TPSA) is 119 Å². The molecule has 4 rings (SSSR count). The highest BCUT2D eigenvalue weighted by Gasteiger charge is 2.36. The molecule has 0 aliphatic carbocycles. The maximum absolute atomic E-state index is 13.0. The van der Waals surface area contributed by atoms with Gasteiger partial charge in [0.1, 0.15) is 17.9 Å². The maximum Gasteiger partial charge on any atom is 0.335 e. The van der Waals surface area contributed by atoms with Gasteiger partial charge in [-0.05, 0) is 48.0 Å². The van der Waals surface area contributed by atoms with Crippen LogP contribution in [0.25, 0.3) is 6.08 Å². The molecule has 0 spiro atoms. The number of anilines is 1. The molecule has 0 bridgehead atoms. The van der Waals surface area contributed by atoms with Crippen LogP contribution in [0, 0.1) is 10.1 Å². The summed E-state index contributed by atoms with van der Waals surface area (Å²) in [6, 6.07) is 15.6. The number of amides is 4. The average molecular weight is 512 g/mol. The number of halogens is 2. The standard InChI is InChI=1S/C24H15Cl2N3O6/c25-16-5-4-15(21(26)12-16)13-35-19-8-6-17(7-9-19)28-23(31)20(22(30)27-24(28)32)11-14-2-1-3-18(10-14)29(33)34/h1-12H,13H2,(H,27,30,32)/b20-11+. The second kappa shape index (κ2) is 9.96. The molecule has 1 heterocycles. The minimum absolute atomic E-state index is 0.170. The molecule has 1 aliphatic rings. The molecule has 9 nitrogen and oxygen atoms in total. The Hall–Kier alpha value is -4.21. The summed E-state index contributed by atoms with van der Waals surface area (Å²) in [5, 5.41) is 14.1. The van der Waals surface area contributed by atoms with Crippen molar-refractivity contribution in [2.75, 3.05) is 4.90 Å². The third kappa shape index (κ3) is 5.32. The van der Waals surface area contributed by atoms with E-state index in [0.29, 0.717) is 15.8 Å². The quantitative estimate of drug-likeness (QED) is 0.211. The van der Waals surface area contributed by atoms with Crippen LogP contribution in [0.4, 0.5) is 16.2 Å². The van der Waals surface area contributed by atoms with E-state index in [4.69, 9.17) is 27.9 Å². The van der Waals surface area contributed by atoms with Crippen molar-refractivity contribution in [1.29, 1.82) is 0 Å². The first kappa shape index (κ1) is 23.9. The lowest BCUT2D eigenvalue weighted by Gasteiger charge is -2.26. The van der Waals surface area contributed by atoms with Gasteiger partial charge in [-0.1, -0.05) is 41.4 Å². The Morgan fingerprint density at radius 2 is 1.74 bits per heavy atom. The number of barbiturate groups is 1. The van der Waals surface area contributed by atoms with Gasteiger partial charge in [-0.15, -0.1) is 0 Å². The number of hydrogen-bond acceptors (Lipinski definition) is 6. The van der Waals surface area contributed by atoms with Crippen LogP contribution in [-0.2, 0) is 16.2 Å². The molecular formula is C24H15Cl2N3O6. The zero-order chi connectivity index (χ0) is 25.1. The fraction of sp³-hybridized carbons (Fsp3) is 0.0417. The van der Waals surface area contributed by atoms with Crippen LogP contribution in [0.15, 0.2) is 72.3 Å². The third-order valence-electron chi connectivity index (χ3n) is 5.00. The highest BCUT2D eigenvalue weighted by atomic mass is 35.5. The molecule has 0 atom stereocenters. The van der Waals surface area contributed by atoms with Crippen LogP contribution in [0.1, 0.15) is 11.1 Å². The second-order valence-corrected chi connectivity index (χ2v) is 8.17. The van der Waals surface area contributed by atoms with E-state index in [0.717, 1.165) is 10.5 Å². The molecule has 3 aromatic carbocycles. The Morgan fingerprint density at radius 1 is 1.00 bits per heavy atom. The number of nitro groups is 1. The summed E-state index contributed by atoms with van der Waals surface area (Å²) >= 11 is 12.0. The number of nitrogens with zero attached hydrogens (tertiary/aromatic N) is 2. The normalized spacial score (nSPS) is 14.7. The minimum atomic E-state index is -0.919. The molecule has 0 aromatic heterocycles. The number of imide groups is 2. The largest absolute Gasteiger partial charge is 0.489 e. The van der Waals surface area contributed by atoms with Crippen LogP contribution in [0.5, 0.6) is 5.75 Å². The first-order valence-corrected chi connectivity index (χ1v) is 10.8. The molecule has 1 N–H and O–H groups in total. The summed E-state index contributed by atoms with van der Waals surface area (Å²) in [6.07, 6.45) is 1.19. The smallest absolute Gasteiger partial charge is 0.335 e. The number of nitro benzene ring substituents is 1. The van der Waals surface area contributed by atoms with Gasteiger partial charge in [0.25, 0.3) is 17.5 Å². The van der Waals surface area contributed by atoms with Crippen molar-refractivity contribution in [1.82, 2.24) is 5.32 Å². The Morgan fingerprint density at radius 3 is 2.43 bits per heavy atom. The van der Waals surface area contributed by atoms with Crippen molar-refractivity contribution >= 4 is 58.5 Å². The Labute approximate surface area is 208 Å². The maximum atomic E-state index is 13.0. The van der Waals surface area contributed by atoms with Gasteiger partial charge in [0, 0.05) is 27.7 Å². The molecule has 1 aliphatic heterocycles. The number of urea groups is 1. The van der Waals surface area contributed by atoms with Gasteiger partial charge < -0.3 is 4.74 Å². The highest BCUT2D eigenvalue weighted by Crippen LogP contribution is 2.27. The first-order chi connectivity index (χ1) is 16.7. The summed E-state index contributed by atoms with van der Waals surface area (Å²) in [5.74, 6) is -1.32. The lowest BCUT2D eigenvalue weighted by Crippen LogP contribution is -2.54. The SMILES string of the molecule is O=C1NC(=O)N(c2ccc(OCc3ccc(Cl)cc3Cl)cc2)C(=O)/C1=C/c1cccc([N+](=O)[O-])c1. The predicted octanol–water partition coefficient (Wildman–Crippen LogP) is 5.15. The van der Waals surface area contributed by atoms with E-state index in [9.17, 15) is 24.5 Å². The van der Waals surface area contributed by atoms with Crippen molar-refractivity contribution in [2.45, 2.75) is 6.61 Å². The molecule has 11 heteroatoms. The Balaban J connectivity index is 1.54. The number of hydrogen-bond donors (Lipinski definition) is 1. The van der Waals surface area contributed by atoms with Gasteiger partial charge in [0.2, 0.25) is 0 Å². The van der Waals surface area contributed by atoms with E-state index >= 15 is 0 Å². The number of rotatable bonds is 6. The summed E-state index contributed by atoms with van der Waals surface area (Å²) in [4.78, 5) is 49.0. The van der Waals surface area contributed by atoms with Crippen LogP contribution < -0.4 is 15.0 Å². The van der Waals surface area contributed by atoms with Gasteiger partial charge in [0.15, 0.2) is 0 Å². The number of nitrogens with one attached hydrogen (secondary N) is 1. The van der Waals surface area contributed by atoms with Crippen molar-refractivity contribution in [2.24, 2.45) is 0 Å². The lowest BCUT2D eigenvalue weighted by atomic mass is 10.1. The van der Waals surface area contributed by atoms with E-state index in [1.54, 1.807) is 30.3 Å². The van der Waals surface area contributed by atoms with Gasteiger partial charge >= 0.3 is 6.03 Å². The van der Waals surface area contributed by atoms with E-state index in [1.165, 1.54) is 42.5 Å². The molecule has 176 valence electrons. The van der Waals surface area contributed by atoms with E-state index in [2.05, 4.69) is 5.32 Å². The van der Waals surface area contributed by atoms with Crippen LogP contribution >= 0.6 is 23.2 Å².